The first-order valence-corrected chi connectivity index (χ1v) is 8.47. The Labute approximate surface area is 148 Å². The summed E-state index contributed by atoms with van der Waals surface area (Å²) in [5.74, 6) is -0.138. The Morgan fingerprint density at radius 2 is 2.00 bits per heavy atom. The summed E-state index contributed by atoms with van der Waals surface area (Å²) in [6.45, 7) is 2.59. The number of aromatic nitrogens is 2. The molecule has 0 aliphatic heterocycles. The highest BCUT2D eigenvalue weighted by Gasteiger charge is 2.16. The van der Waals surface area contributed by atoms with Crippen LogP contribution in [-0.4, -0.2) is 46.9 Å². The van der Waals surface area contributed by atoms with Crippen LogP contribution in [-0.2, 0) is 6.42 Å². The van der Waals surface area contributed by atoms with E-state index in [0.717, 1.165) is 17.6 Å². The van der Waals surface area contributed by atoms with Crippen LogP contribution in [0.5, 0.6) is 0 Å². The molecule has 130 valence electrons. The van der Waals surface area contributed by atoms with Gasteiger partial charge in [0.2, 0.25) is 0 Å². The molecule has 0 unspecified atom stereocenters. The Bertz CT molecular complexity index is 855. The van der Waals surface area contributed by atoms with Gasteiger partial charge in [-0.25, -0.2) is 4.98 Å². The molecule has 25 heavy (non-hydrogen) atoms. The van der Waals surface area contributed by atoms with Gasteiger partial charge in [0.05, 0.1) is 0 Å². The first-order chi connectivity index (χ1) is 12.0. The number of aryl methyl sites for hydroxylation is 1. The number of rotatable bonds is 6. The molecule has 0 bridgehead atoms. The van der Waals surface area contributed by atoms with Crippen molar-refractivity contribution in [3.63, 3.8) is 0 Å². The van der Waals surface area contributed by atoms with Crippen molar-refractivity contribution in [1.29, 1.82) is 0 Å². The third kappa shape index (κ3) is 4.25. The molecule has 0 aliphatic rings. The third-order valence-corrected chi connectivity index (χ3v) is 4.39. The molecule has 5 nitrogen and oxygen atoms in total. The van der Waals surface area contributed by atoms with Crippen molar-refractivity contribution in [3.05, 3.63) is 71.7 Å². The van der Waals surface area contributed by atoms with Crippen molar-refractivity contribution < 1.29 is 4.79 Å². The maximum atomic E-state index is 12.5. The van der Waals surface area contributed by atoms with Crippen LogP contribution in [0.4, 0.5) is 0 Å². The third-order valence-electron chi connectivity index (χ3n) is 4.39. The number of fused-ring (bicyclic) bond motifs is 1. The number of benzene rings is 1. The Hall–Kier alpha value is -2.66. The molecule has 2 aromatic heterocycles. The summed E-state index contributed by atoms with van der Waals surface area (Å²) >= 11 is 0. The highest BCUT2D eigenvalue weighted by molar-refractivity contribution is 5.92. The van der Waals surface area contributed by atoms with Gasteiger partial charge in [-0.05, 0) is 50.7 Å². The number of hydrogen-bond donors (Lipinski definition) is 1. The summed E-state index contributed by atoms with van der Waals surface area (Å²) in [5, 5.41) is 3.02. The highest BCUT2D eigenvalue weighted by Crippen LogP contribution is 2.09. The molecule has 3 rings (SSSR count). The molecule has 1 N–H and O–H groups in total. The quantitative estimate of drug-likeness (QED) is 0.753. The minimum Gasteiger partial charge on any atom is -0.349 e. The number of carbonyl (C=O) groups is 1. The monoisotopic (exact) mass is 336 g/mol. The number of pyridine rings is 1. The van der Waals surface area contributed by atoms with Crippen LogP contribution in [0.25, 0.3) is 5.65 Å². The van der Waals surface area contributed by atoms with Crippen LogP contribution in [0.1, 0.15) is 21.6 Å². The van der Waals surface area contributed by atoms with Crippen molar-refractivity contribution in [2.75, 3.05) is 20.6 Å². The van der Waals surface area contributed by atoms with Crippen LogP contribution in [0.2, 0.25) is 0 Å². The second-order valence-corrected chi connectivity index (χ2v) is 6.61. The summed E-state index contributed by atoms with van der Waals surface area (Å²) in [6, 6.07) is 14.5. The zero-order valence-corrected chi connectivity index (χ0v) is 14.9. The number of nitrogens with one attached hydrogen (secondary N) is 1. The summed E-state index contributed by atoms with van der Waals surface area (Å²) in [4.78, 5) is 19.0. The molecule has 0 spiro atoms. The van der Waals surface area contributed by atoms with Crippen molar-refractivity contribution in [2.45, 2.75) is 19.4 Å². The van der Waals surface area contributed by atoms with Crippen LogP contribution >= 0.6 is 0 Å². The standard InChI is InChI=1S/C20H24N4O/c1-15-9-10-24-14-18(22-19(24)11-15)20(25)21-13-17(23(2)3)12-16-7-5-4-6-8-16/h4-11,14,17H,12-13H2,1-3H3,(H,21,25)/t17-/m0/s1. The summed E-state index contributed by atoms with van der Waals surface area (Å²) < 4.78 is 1.87. The molecule has 1 aromatic carbocycles. The van der Waals surface area contributed by atoms with Gasteiger partial charge in [0.15, 0.2) is 0 Å². The number of imidazole rings is 1. The van der Waals surface area contributed by atoms with Crippen LogP contribution in [0.3, 0.4) is 0 Å². The maximum absolute atomic E-state index is 12.5. The summed E-state index contributed by atoms with van der Waals surface area (Å²) in [6.07, 6.45) is 4.58. The van der Waals surface area contributed by atoms with Crippen LogP contribution < -0.4 is 5.32 Å². The van der Waals surface area contributed by atoms with Gasteiger partial charge in [0.1, 0.15) is 11.3 Å². The Morgan fingerprint density at radius 1 is 1.24 bits per heavy atom. The molecule has 1 amide bonds. The van der Waals surface area contributed by atoms with Crippen LogP contribution in [0, 0.1) is 6.92 Å². The molecule has 1 atom stereocenters. The van der Waals surface area contributed by atoms with E-state index in [9.17, 15) is 4.79 Å². The Kier molecular flexibility index (Phi) is 5.14. The van der Waals surface area contributed by atoms with Crippen molar-refractivity contribution >= 4 is 11.6 Å². The lowest BCUT2D eigenvalue weighted by Crippen LogP contribution is -2.41. The van der Waals surface area contributed by atoms with Gasteiger partial charge in [-0.1, -0.05) is 30.3 Å². The molecule has 5 heteroatoms. The number of likely N-dealkylation sites (N-methyl/N-ethyl adjacent to an activating group) is 1. The lowest BCUT2D eigenvalue weighted by molar-refractivity contribution is 0.0937. The van der Waals surface area contributed by atoms with Gasteiger partial charge in [-0.15, -0.1) is 0 Å². The second-order valence-electron chi connectivity index (χ2n) is 6.61. The number of amides is 1. The first-order valence-electron chi connectivity index (χ1n) is 8.47. The number of carbonyl (C=O) groups excluding carboxylic acids is 1. The molecular weight excluding hydrogens is 312 g/mol. The smallest absolute Gasteiger partial charge is 0.271 e. The van der Waals surface area contributed by atoms with Crippen LogP contribution in [0.15, 0.2) is 54.9 Å². The highest BCUT2D eigenvalue weighted by atomic mass is 16.1. The molecule has 0 fully saturated rings. The molecular formula is C20H24N4O. The molecule has 0 saturated heterocycles. The number of hydrogen-bond acceptors (Lipinski definition) is 3. The molecule has 0 radical (unpaired) electrons. The normalized spacial score (nSPS) is 12.5. The Balaban J connectivity index is 1.66. The maximum Gasteiger partial charge on any atom is 0.271 e. The lowest BCUT2D eigenvalue weighted by atomic mass is 10.1. The lowest BCUT2D eigenvalue weighted by Gasteiger charge is -2.24. The van der Waals surface area contributed by atoms with E-state index in [2.05, 4.69) is 27.3 Å². The van der Waals surface area contributed by atoms with Gasteiger partial charge in [0, 0.05) is 25.0 Å². The zero-order valence-electron chi connectivity index (χ0n) is 14.9. The van der Waals surface area contributed by atoms with Crippen molar-refractivity contribution in [2.24, 2.45) is 0 Å². The fourth-order valence-electron chi connectivity index (χ4n) is 2.82. The van der Waals surface area contributed by atoms with Gasteiger partial charge < -0.3 is 14.6 Å². The van der Waals surface area contributed by atoms with E-state index >= 15 is 0 Å². The van der Waals surface area contributed by atoms with E-state index in [1.807, 2.05) is 61.9 Å². The average Bonchev–Trinajstić information content (AvgIpc) is 3.02. The first kappa shape index (κ1) is 17.2. The van der Waals surface area contributed by atoms with E-state index in [0.29, 0.717) is 12.2 Å². The summed E-state index contributed by atoms with van der Waals surface area (Å²) in [7, 11) is 4.07. The minimum atomic E-state index is -0.138. The second kappa shape index (κ2) is 7.49. The van der Waals surface area contributed by atoms with E-state index in [1.54, 1.807) is 6.20 Å². The van der Waals surface area contributed by atoms with E-state index in [4.69, 9.17) is 0 Å². The largest absolute Gasteiger partial charge is 0.349 e. The van der Waals surface area contributed by atoms with Gasteiger partial charge in [0.25, 0.3) is 5.91 Å². The van der Waals surface area contributed by atoms with Gasteiger partial charge in [-0.3, -0.25) is 4.79 Å². The molecule has 3 aromatic rings. The average molecular weight is 336 g/mol. The molecule has 2 heterocycles. The predicted octanol–water partition coefficient (Wildman–Crippen LogP) is 2.55. The Morgan fingerprint density at radius 3 is 2.72 bits per heavy atom. The van der Waals surface area contributed by atoms with E-state index < -0.39 is 0 Å². The van der Waals surface area contributed by atoms with Gasteiger partial charge in [-0.2, -0.15) is 0 Å². The molecule has 0 aliphatic carbocycles. The van der Waals surface area contributed by atoms with Gasteiger partial charge >= 0.3 is 0 Å². The minimum absolute atomic E-state index is 0.138. The van der Waals surface area contributed by atoms with Crippen molar-refractivity contribution in [1.82, 2.24) is 19.6 Å². The topological polar surface area (TPSA) is 49.6 Å². The van der Waals surface area contributed by atoms with Crippen molar-refractivity contribution in [3.8, 4) is 0 Å². The van der Waals surface area contributed by atoms with E-state index in [1.165, 1.54) is 5.56 Å². The number of nitrogens with zero attached hydrogens (tertiary/aromatic N) is 3. The fourth-order valence-corrected chi connectivity index (χ4v) is 2.82. The fraction of sp³-hybridized carbons (Fsp3) is 0.300. The predicted molar refractivity (Wildman–Crippen MR) is 99.9 cm³/mol. The van der Waals surface area contributed by atoms with E-state index in [-0.39, 0.29) is 11.9 Å². The SMILES string of the molecule is Cc1ccn2cc(C(=O)NC[C@H](Cc3ccccc3)N(C)C)nc2c1. The summed E-state index contributed by atoms with van der Waals surface area (Å²) in [5.41, 5.74) is 3.63. The zero-order chi connectivity index (χ0) is 17.8. The molecule has 0 saturated carbocycles.